The molecule has 0 radical (unpaired) electrons. The largest absolute Gasteiger partial charge is 0.452 e. The summed E-state index contributed by atoms with van der Waals surface area (Å²) in [5, 5.41) is 0.189. The van der Waals surface area contributed by atoms with Crippen molar-refractivity contribution in [3.05, 3.63) is 23.1 Å². The van der Waals surface area contributed by atoms with Gasteiger partial charge in [0.05, 0.1) is 11.8 Å². The number of carbonyl (C=O) groups is 1. The van der Waals surface area contributed by atoms with Crippen molar-refractivity contribution in [3.8, 4) is 0 Å². The lowest BCUT2D eigenvalue weighted by atomic mass is 10.2. The summed E-state index contributed by atoms with van der Waals surface area (Å²) < 4.78 is 4.90. The van der Waals surface area contributed by atoms with E-state index in [-0.39, 0.29) is 11.1 Å². The van der Waals surface area contributed by atoms with Crippen molar-refractivity contribution in [2.45, 2.75) is 25.8 Å². The minimum absolute atomic E-state index is 0.0197. The highest BCUT2D eigenvalue weighted by Gasteiger charge is 2.27. The summed E-state index contributed by atoms with van der Waals surface area (Å²) in [5.41, 5.74) is 0.473. The highest BCUT2D eigenvalue weighted by molar-refractivity contribution is 6.32. The molecule has 2 rings (SSSR count). The molecule has 0 spiro atoms. The van der Waals surface area contributed by atoms with Gasteiger partial charge < -0.3 is 9.32 Å². The fraction of sp³-hybridized carbons (Fsp3) is 0.500. The Morgan fingerprint density at radius 2 is 2.50 bits per heavy atom. The first kappa shape index (κ1) is 9.59. The Balaban J connectivity index is 2.20. The van der Waals surface area contributed by atoms with Crippen LogP contribution in [-0.4, -0.2) is 23.4 Å². The molecule has 0 aromatic carbocycles. The molecule has 1 saturated heterocycles. The van der Waals surface area contributed by atoms with Gasteiger partial charge in [-0.3, -0.25) is 4.79 Å². The second-order valence-corrected chi connectivity index (χ2v) is 3.94. The van der Waals surface area contributed by atoms with E-state index in [1.165, 1.54) is 6.26 Å². The van der Waals surface area contributed by atoms with Crippen molar-refractivity contribution in [1.82, 2.24) is 4.90 Å². The Labute approximate surface area is 87.6 Å². The van der Waals surface area contributed by atoms with Crippen molar-refractivity contribution in [2.24, 2.45) is 0 Å². The van der Waals surface area contributed by atoms with Crippen molar-refractivity contribution in [1.29, 1.82) is 0 Å². The number of furan rings is 1. The van der Waals surface area contributed by atoms with Crippen LogP contribution < -0.4 is 0 Å². The predicted octanol–water partition coefficient (Wildman–Crippen LogP) is 2.56. The van der Waals surface area contributed by atoms with Gasteiger partial charge in [0.2, 0.25) is 5.22 Å². The second kappa shape index (κ2) is 3.65. The van der Waals surface area contributed by atoms with Crippen LogP contribution in [0.4, 0.5) is 0 Å². The zero-order valence-electron chi connectivity index (χ0n) is 8.00. The minimum atomic E-state index is -0.0197. The Kier molecular flexibility index (Phi) is 2.50. The number of carbonyl (C=O) groups excluding carboxylic acids is 1. The van der Waals surface area contributed by atoms with Gasteiger partial charge in [-0.15, -0.1) is 0 Å². The third-order valence-corrected chi connectivity index (χ3v) is 2.95. The lowest BCUT2D eigenvalue weighted by Gasteiger charge is -2.20. The minimum Gasteiger partial charge on any atom is -0.452 e. The summed E-state index contributed by atoms with van der Waals surface area (Å²) >= 11 is 5.75. The number of hydrogen-bond acceptors (Lipinski definition) is 2. The van der Waals surface area contributed by atoms with Gasteiger partial charge in [-0.05, 0) is 37.4 Å². The van der Waals surface area contributed by atoms with Crippen LogP contribution in [0, 0.1) is 0 Å². The summed E-state index contributed by atoms with van der Waals surface area (Å²) in [6.45, 7) is 2.88. The van der Waals surface area contributed by atoms with Crippen LogP contribution >= 0.6 is 11.6 Å². The van der Waals surface area contributed by atoms with Crippen LogP contribution in [0.15, 0.2) is 16.7 Å². The molecule has 1 aromatic rings. The number of likely N-dealkylation sites (tertiary alicyclic amines) is 1. The van der Waals surface area contributed by atoms with Gasteiger partial charge >= 0.3 is 0 Å². The summed E-state index contributed by atoms with van der Waals surface area (Å²) in [7, 11) is 0. The van der Waals surface area contributed by atoms with E-state index in [0.717, 1.165) is 19.4 Å². The van der Waals surface area contributed by atoms with Crippen molar-refractivity contribution >= 4 is 17.5 Å². The molecular weight excluding hydrogens is 202 g/mol. The van der Waals surface area contributed by atoms with Gasteiger partial charge in [-0.2, -0.15) is 0 Å². The molecular formula is C10H12ClNO2. The van der Waals surface area contributed by atoms with Gasteiger partial charge in [0.1, 0.15) is 0 Å². The molecule has 1 atom stereocenters. The molecule has 14 heavy (non-hydrogen) atoms. The maximum absolute atomic E-state index is 11.9. The molecule has 1 aliphatic rings. The number of rotatable bonds is 1. The van der Waals surface area contributed by atoms with Crippen LogP contribution in [-0.2, 0) is 0 Å². The maximum Gasteiger partial charge on any atom is 0.258 e. The zero-order valence-corrected chi connectivity index (χ0v) is 8.75. The Morgan fingerprint density at radius 3 is 3.00 bits per heavy atom. The predicted molar refractivity (Wildman–Crippen MR) is 53.5 cm³/mol. The van der Waals surface area contributed by atoms with E-state index in [2.05, 4.69) is 6.92 Å². The molecule has 1 aromatic heterocycles. The van der Waals surface area contributed by atoms with E-state index in [1.807, 2.05) is 4.90 Å². The molecule has 1 fully saturated rings. The van der Waals surface area contributed by atoms with Crippen molar-refractivity contribution < 1.29 is 9.21 Å². The van der Waals surface area contributed by atoms with E-state index in [4.69, 9.17) is 16.0 Å². The molecule has 1 amide bonds. The van der Waals surface area contributed by atoms with Crippen LogP contribution in [0.5, 0.6) is 0 Å². The van der Waals surface area contributed by atoms with Gasteiger partial charge in [-0.25, -0.2) is 0 Å². The Hall–Kier alpha value is -0.960. The fourth-order valence-electron chi connectivity index (χ4n) is 1.84. The average Bonchev–Trinajstić information content (AvgIpc) is 2.73. The number of nitrogens with zero attached hydrogens (tertiary/aromatic N) is 1. The van der Waals surface area contributed by atoms with E-state index in [0.29, 0.717) is 11.6 Å². The second-order valence-electron chi connectivity index (χ2n) is 3.60. The monoisotopic (exact) mass is 213 g/mol. The van der Waals surface area contributed by atoms with Crippen LogP contribution in [0.1, 0.15) is 30.1 Å². The molecule has 2 heterocycles. The number of halogens is 1. The Bertz CT molecular complexity index is 348. The molecule has 1 unspecified atom stereocenters. The van der Waals surface area contributed by atoms with Crippen molar-refractivity contribution in [2.75, 3.05) is 6.54 Å². The van der Waals surface area contributed by atoms with Gasteiger partial charge in [-0.1, -0.05) is 0 Å². The van der Waals surface area contributed by atoms with E-state index >= 15 is 0 Å². The first-order valence-corrected chi connectivity index (χ1v) is 5.12. The van der Waals surface area contributed by atoms with Crippen LogP contribution in [0.25, 0.3) is 0 Å². The highest BCUT2D eigenvalue weighted by atomic mass is 35.5. The van der Waals surface area contributed by atoms with E-state index in [9.17, 15) is 4.79 Å². The van der Waals surface area contributed by atoms with Gasteiger partial charge in [0, 0.05) is 12.6 Å². The van der Waals surface area contributed by atoms with Crippen LogP contribution in [0.3, 0.4) is 0 Å². The highest BCUT2D eigenvalue weighted by Crippen LogP contribution is 2.23. The smallest absolute Gasteiger partial charge is 0.258 e. The van der Waals surface area contributed by atoms with E-state index in [1.54, 1.807) is 6.07 Å². The topological polar surface area (TPSA) is 33.5 Å². The molecule has 3 nitrogen and oxygen atoms in total. The average molecular weight is 214 g/mol. The molecule has 0 bridgehead atoms. The third-order valence-electron chi connectivity index (χ3n) is 2.66. The van der Waals surface area contributed by atoms with Gasteiger partial charge in [0.15, 0.2) is 0 Å². The standard InChI is InChI=1S/C10H12ClNO2/c1-7-3-2-5-12(7)10(13)8-4-6-14-9(8)11/h4,6-7H,2-3,5H2,1H3. The molecule has 0 N–H and O–H groups in total. The lowest BCUT2D eigenvalue weighted by molar-refractivity contribution is 0.0747. The quantitative estimate of drug-likeness (QED) is 0.719. The SMILES string of the molecule is CC1CCCN1C(=O)c1ccoc1Cl. The fourth-order valence-corrected chi connectivity index (χ4v) is 2.03. The van der Waals surface area contributed by atoms with Crippen LogP contribution in [0.2, 0.25) is 5.22 Å². The number of hydrogen-bond donors (Lipinski definition) is 0. The number of amides is 1. The molecule has 76 valence electrons. The molecule has 1 aliphatic heterocycles. The van der Waals surface area contributed by atoms with Crippen molar-refractivity contribution in [3.63, 3.8) is 0 Å². The van der Waals surface area contributed by atoms with Gasteiger partial charge in [0.25, 0.3) is 5.91 Å². The summed E-state index contributed by atoms with van der Waals surface area (Å²) in [5.74, 6) is -0.0197. The molecule has 4 heteroatoms. The summed E-state index contributed by atoms with van der Waals surface area (Å²) in [6, 6.07) is 1.93. The summed E-state index contributed by atoms with van der Waals surface area (Å²) in [6.07, 6.45) is 3.58. The molecule has 0 saturated carbocycles. The zero-order chi connectivity index (χ0) is 10.1. The first-order valence-electron chi connectivity index (χ1n) is 4.74. The molecule has 0 aliphatic carbocycles. The normalized spacial score (nSPS) is 21.6. The summed E-state index contributed by atoms with van der Waals surface area (Å²) in [4.78, 5) is 13.8. The first-order chi connectivity index (χ1) is 6.70. The lowest BCUT2D eigenvalue weighted by Crippen LogP contribution is -2.33. The maximum atomic E-state index is 11.9. The van der Waals surface area contributed by atoms with E-state index < -0.39 is 0 Å². The third kappa shape index (κ3) is 1.52. The Morgan fingerprint density at radius 1 is 1.71 bits per heavy atom.